The fourth-order valence-electron chi connectivity index (χ4n) is 1.94. The molecule has 5 nitrogen and oxygen atoms in total. The minimum atomic E-state index is -0.196. The van der Waals surface area contributed by atoms with Crippen molar-refractivity contribution < 1.29 is 9.53 Å². The summed E-state index contributed by atoms with van der Waals surface area (Å²) in [5.41, 5.74) is 8.33. The smallest absolute Gasteiger partial charge is 0.305 e. The minimum absolute atomic E-state index is 0.196. The molecule has 1 aromatic heterocycles. The molecule has 98 valence electrons. The van der Waals surface area contributed by atoms with Crippen molar-refractivity contribution in [3.63, 3.8) is 0 Å². The summed E-state index contributed by atoms with van der Waals surface area (Å²) < 4.78 is 6.74. The number of hydrogen-bond acceptors (Lipinski definition) is 4. The standard InChI is InChI=1S/C13H19N3O2/c1-4-18-12(17)6-5-7-16-10(3)9(2)11(8-14)13(16)15/h4-7,15H2,1-3H3. The van der Waals surface area contributed by atoms with E-state index in [1.54, 1.807) is 6.92 Å². The summed E-state index contributed by atoms with van der Waals surface area (Å²) >= 11 is 0. The van der Waals surface area contributed by atoms with Crippen LogP contribution in [0.25, 0.3) is 0 Å². The molecule has 0 amide bonds. The van der Waals surface area contributed by atoms with Crippen LogP contribution in [0.15, 0.2) is 0 Å². The lowest BCUT2D eigenvalue weighted by Gasteiger charge is -2.08. The molecular formula is C13H19N3O2. The van der Waals surface area contributed by atoms with Gasteiger partial charge in [-0.15, -0.1) is 0 Å². The van der Waals surface area contributed by atoms with Gasteiger partial charge in [-0.3, -0.25) is 4.79 Å². The summed E-state index contributed by atoms with van der Waals surface area (Å²) in [7, 11) is 0. The summed E-state index contributed by atoms with van der Waals surface area (Å²) in [4.78, 5) is 11.2. The molecular weight excluding hydrogens is 230 g/mol. The first-order valence-corrected chi connectivity index (χ1v) is 6.03. The van der Waals surface area contributed by atoms with Crippen LogP contribution in [-0.4, -0.2) is 17.1 Å². The Kier molecular flexibility index (Phi) is 4.78. The van der Waals surface area contributed by atoms with Gasteiger partial charge in [-0.05, 0) is 32.8 Å². The van der Waals surface area contributed by atoms with Gasteiger partial charge in [-0.25, -0.2) is 0 Å². The van der Waals surface area contributed by atoms with Crippen LogP contribution < -0.4 is 5.73 Å². The van der Waals surface area contributed by atoms with E-state index < -0.39 is 0 Å². The number of nitrogen functional groups attached to an aromatic ring is 1. The van der Waals surface area contributed by atoms with Gasteiger partial charge in [0.1, 0.15) is 11.9 Å². The average Bonchev–Trinajstić information content (AvgIpc) is 2.53. The van der Waals surface area contributed by atoms with E-state index in [-0.39, 0.29) is 5.97 Å². The van der Waals surface area contributed by atoms with Gasteiger partial charge in [-0.1, -0.05) is 0 Å². The van der Waals surface area contributed by atoms with Crippen LogP contribution in [0.5, 0.6) is 0 Å². The summed E-state index contributed by atoms with van der Waals surface area (Å²) in [6.45, 7) is 6.62. The highest BCUT2D eigenvalue weighted by atomic mass is 16.5. The molecule has 0 saturated heterocycles. The molecule has 0 unspecified atom stereocenters. The topological polar surface area (TPSA) is 81.0 Å². The average molecular weight is 249 g/mol. The Morgan fingerprint density at radius 1 is 1.50 bits per heavy atom. The molecule has 1 aromatic rings. The normalized spacial score (nSPS) is 10.1. The highest BCUT2D eigenvalue weighted by molar-refractivity contribution is 5.69. The van der Waals surface area contributed by atoms with E-state index in [1.165, 1.54) is 0 Å². The van der Waals surface area contributed by atoms with Gasteiger partial charge in [0, 0.05) is 18.7 Å². The molecule has 0 atom stereocenters. The summed E-state index contributed by atoms with van der Waals surface area (Å²) in [6, 6.07) is 2.11. The van der Waals surface area contributed by atoms with Gasteiger partial charge in [0.25, 0.3) is 0 Å². The second-order valence-corrected chi connectivity index (χ2v) is 4.14. The maximum absolute atomic E-state index is 11.2. The quantitative estimate of drug-likeness (QED) is 0.808. The highest BCUT2D eigenvalue weighted by Crippen LogP contribution is 2.23. The Morgan fingerprint density at radius 3 is 2.67 bits per heavy atom. The van der Waals surface area contributed by atoms with Crippen LogP contribution in [0.2, 0.25) is 0 Å². The molecule has 0 aliphatic rings. The lowest BCUT2D eigenvalue weighted by Crippen LogP contribution is -2.09. The molecule has 18 heavy (non-hydrogen) atoms. The molecule has 5 heteroatoms. The number of aromatic nitrogens is 1. The van der Waals surface area contributed by atoms with Gasteiger partial charge < -0.3 is 15.0 Å². The first-order chi connectivity index (χ1) is 8.52. The molecule has 1 heterocycles. The van der Waals surface area contributed by atoms with E-state index in [4.69, 9.17) is 15.7 Å². The molecule has 0 fully saturated rings. The molecule has 1 rings (SSSR count). The van der Waals surface area contributed by atoms with Gasteiger partial charge in [0.2, 0.25) is 0 Å². The van der Waals surface area contributed by atoms with Crippen molar-refractivity contribution in [1.82, 2.24) is 4.57 Å². The van der Waals surface area contributed by atoms with Gasteiger partial charge >= 0.3 is 5.97 Å². The Bertz CT molecular complexity index is 483. The number of rotatable bonds is 5. The fraction of sp³-hybridized carbons (Fsp3) is 0.538. The second kappa shape index (κ2) is 6.10. The number of carbonyl (C=O) groups excluding carboxylic acids is 1. The van der Waals surface area contributed by atoms with Crippen LogP contribution in [0, 0.1) is 25.2 Å². The minimum Gasteiger partial charge on any atom is -0.466 e. The van der Waals surface area contributed by atoms with E-state index in [9.17, 15) is 4.79 Å². The molecule has 0 radical (unpaired) electrons. The first-order valence-electron chi connectivity index (χ1n) is 6.03. The summed E-state index contributed by atoms with van der Waals surface area (Å²) in [5, 5.41) is 9.00. The SMILES string of the molecule is CCOC(=O)CCCn1c(C)c(C)c(C#N)c1N. The Labute approximate surface area is 107 Å². The molecule has 0 aliphatic heterocycles. The zero-order valence-corrected chi connectivity index (χ0v) is 11.1. The lowest BCUT2D eigenvalue weighted by molar-refractivity contribution is -0.143. The predicted molar refractivity (Wildman–Crippen MR) is 68.9 cm³/mol. The third kappa shape index (κ3) is 2.83. The largest absolute Gasteiger partial charge is 0.466 e. The van der Waals surface area contributed by atoms with Gasteiger partial charge in [0.05, 0.1) is 12.2 Å². The summed E-state index contributed by atoms with van der Waals surface area (Å²) in [6.07, 6.45) is 1.02. The van der Waals surface area contributed by atoms with E-state index in [2.05, 4.69) is 6.07 Å². The maximum atomic E-state index is 11.2. The molecule has 2 N–H and O–H groups in total. The van der Waals surface area contributed by atoms with Crippen molar-refractivity contribution in [2.45, 2.75) is 40.2 Å². The van der Waals surface area contributed by atoms with Gasteiger partial charge in [0.15, 0.2) is 0 Å². The van der Waals surface area contributed by atoms with Crippen LogP contribution in [-0.2, 0) is 16.1 Å². The zero-order chi connectivity index (χ0) is 13.7. The van der Waals surface area contributed by atoms with Crippen molar-refractivity contribution in [2.24, 2.45) is 0 Å². The van der Waals surface area contributed by atoms with E-state index in [0.29, 0.717) is 37.4 Å². The number of ether oxygens (including phenoxy) is 1. The second-order valence-electron chi connectivity index (χ2n) is 4.14. The molecule has 0 aromatic carbocycles. The molecule has 0 aliphatic carbocycles. The third-order valence-corrected chi connectivity index (χ3v) is 3.05. The number of hydrogen-bond donors (Lipinski definition) is 1. The number of carbonyl (C=O) groups is 1. The van der Waals surface area contributed by atoms with E-state index >= 15 is 0 Å². The number of nitrogens with two attached hydrogens (primary N) is 1. The lowest BCUT2D eigenvalue weighted by atomic mass is 10.2. The van der Waals surface area contributed by atoms with Crippen LogP contribution in [0.3, 0.4) is 0 Å². The zero-order valence-electron chi connectivity index (χ0n) is 11.1. The van der Waals surface area contributed by atoms with E-state index in [1.807, 2.05) is 18.4 Å². The molecule has 0 saturated carbocycles. The van der Waals surface area contributed by atoms with Crippen molar-refractivity contribution >= 4 is 11.8 Å². The van der Waals surface area contributed by atoms with Crippen LogP contribution >= 0.6 is 0 Å². The number of anilines is 1. The molecule has 0 spiro atoms. The van der Waals surface area contributed by atoms with Crippen molar-refractivity contribution in [3.05, 3.63) is 16.8 Å². The predicted octanol–water partition coefficient (Wildman–Crippen LogP) is 1.90. The van der Waals surface area contributed by atoms with Crippen LogP contribution in [0.4, 0.5) is 5.82 Å². The first kappa shape index (κ1) is 14.1. The van der Waals surface area contributed by atoms with Crippen molar-refractivity contribution in [2.75, 3.05) is 12.3 Å². The Morgan fingerprint density at radius 2 is 2.17 bits per heavy atom. The van der Waals surface area contributed by atoms with Crippen molar-refractivity contribution in [3.8, 4) is 6.07 Å². The maximum Gasteiger partial charge on any atom is 0.305 e. The Balaban J connectivity index is 2.69. The van der Waals surface area contributed by atoms with Gasteiger partial charge in [-0.2, -0.15) is 5.26 Å². The van der Waals surface area contributed by atoms with E-state index in [0.717, 1.165) is 11.3 Å². The summed E-state index contributed by atoms with van der Waals surface area (Å²) in [5.74, 6) is 0.287. The van der Waals surface area contributed by atoms with Crippen molar-refractivity contribution in [1.29, 1.82) is 5.26 Å². The molecule has 0 bridgehead atoms. The Hall–Kier alpha value is -1.96. The van der Waals surface area contributed by atoms with Crippen LogP contribution in [0.1, 0.15) is 36.6 Å². The monoisotopic (exact) mass is 249 g/mol. The fourth-order valence-corrected chi connectivity index (χ4v) is 1.94. The number of esters is 1. The number of nitrogens with zero attached hydrogens (tertiary/aromatic N) is 2. The third-order valence-electron chi connectivity index (χ3n) is 3.05. The number of nitriles is 1. The highest BCUT2D eigenvalue weighted by Gasteiger charge is 2.14.